The number of rotatable bonds is 7. The molecule has 0 spiro atoms. The zero-order valence-corrected chi connectivity index (χ0v) is 19.1. The van der Waals surface area contributed by atoms with E-state index < -0.39 is 10.1 Å². The first-order chi connectivity index (χ1) is 15.8. The van der Waals surface area contributed by atoms with E-state index in [-0.39, 0.29) is 23.8 Å². The highest BCUT2D eigenvalue weighted by atomic mass is 32.2. The van der Waals surface area contributed by atoms with Crippen molar-refractivity contribution in [2.75, 3.05) is 6.61 Å². The van der Waals surface area contributed by atoms with Crippen LogP contribution in [0.2, 0.25) is 0 Å². The molecule has 33 heavy (non-hydrogen) atoms. The molecule has 0 N–H and O–H groups in total. The lowest BCUT2D eigenvalue weighted by molar-refractivity contribution is 0.103. The van der Waals surface area contributed by atoms with Crippen molar-refractivity contribution in [2.45, 2.75) is 25.3 Å². The van der Waals surface area contributed by atoms with E-state index in [0.717, 1.165) is 22.2 Å². The first-order valence-corrected chi connectivity index (χ1v) is 11.8. The second-order valence-electron chi connectivity index (χ2n) is 7.74. The largest absolute Gasteiger partial charge is 0.342 e. The summed E-state index contributed by atoms with van der Waals surface area (Å²) in [6.07, 6.45) is 0. The molecule has 4 aromatic rings. The summed E-state index contributed by atoms with van der Waals surface area (Å²) in [7, 11) is -3.88. The Labute approximate surface area is 192 Å². The van der Waals surface area contributed by atoms with Crippen LogP contribution in [0.25, 0.3) is 10.9 Å². The van der Waals surface area contributed by atoms with Gasteiger partial charge in [0.05, 0.1) is 28.7 Å². The molecule has 7 heteroatoms. The number of nitrogens with zero attached hydrogens (tertiary/aromatic N) is 2. The van der Waals surface area contributed by atoms with Crippen molar-refractivity contribution in [3.63, 3.8) is 0 Å². The fraction of sp³-hybridized carbons (Fsp3) is 0.154. The second-order valence-corrected chi connectivity index (χ2v) is 9.35. The van der Waals surface area contributed by atoms with Gasteiger partial charge in [-0.3, -0.25) is 8.98 Å². The van der Waals surface area contributed by atoms with Gasteiger partial charge in [-0.1, -0.05) is 35.9 Å². The number of aromatic nitrogens is 1. The maximum Gasteiger partial charge on any atom is 0.297 e. The van der Waals surface area contributed by atoms with Crippen molar-refractivity contribution in [1.82, 2.24) is 4.57 Å². The van der Waals surface area contributed by atoms with Gasteiger partial charge in [0.15, 0.2) is 5.78 Å². The Morgan fingerprint density at radius 2 is 1.64 bits per heavy atom. The number of hydrogen-bond acceptors (Lipinski definition) is 5. The third kappa shape index (κ3) is 4.44. The molecule has 166 valence electrons. The third-order valence-corrected chi connectivity index (χ3v) is 6.92. The van der Waals surface area contributed by atoms with Gasteiger partial charge in [-0.05, 0) is 56.3 Å². The van der Waals surface area contributed by atoms with Gasteiger partial charge in [-0.2, -0.15) is 13.7 Å². The average Bonchev–Trinajstić information content (AvgIpc) is 3.10. The van der Waals surface area contributed by atoms with E-state index in [1.807, 2.05) is 48.7 Å². The predicted octanol–water partition coefficient (Wildman–Crippen LogP) is 4.77. The fourth-order valence-corrected chi connectivity index (χ4v) is 4.76. The van der Waals surface area contributed by atoms with Gasteiger partial charge in [0, 0.05) is 28.7 Å². The van der Waals surface area contributed by atoms with Crippen LogP contribution in [0.5, 0.6) is 0 Å². The van der Waals surface area contributed by atoms with Crippen LogP contribution in [0.1, 0.15) is 32.7 Å². The highest BCUT2D eigenvalue weighted by Gasteiger charge is 2.22. The summed E-state index contributed by atoms with van der Waals surface area (Å²) in [4.78, 5) is 13.4. The molecule has 6 nitrogen and oxygen atoms in total. The minimum atomic E-state index is -3.88. The molecule has 0 aliphatic carbocycles. The van der Waals surface area contributed by atoms with Gasteiger partial charge in [0.1, 0.15) is 0 Å². The van der Waals surface area contributed by atoms with Crippen LogP contribution in [-0.2, 0) is 20.8 Å². The van der Waals surface area contributed by atoms with E-state index in [1.165, 1.54) is 12.1 Å². The molecule has 0 atom stereocenters. The van der Waals surface area contributed by atoms with Gasteiger partial charge in [-0.15, -0.1) is 0 Å². The summed E-state index contributed by atoms with van der Waals surface area (Å²) in [5.41, 5.74) is 4.03. The highest BCUT2D eigenvalue weighted by molar-refractivity contribution is 7.86. The van der Waals surface area contributed by atoms with Crippen LogP contribution in [0, 0.1) is 25.2 Å². The number of para-hydroxylation sites is 1. The number of benzene rings is 3. The Balaban J connectivity index is 1.62. The molecular formula is C26H22N2O4S. The summed E-state index contributed by atoms with van der Waals surface area (Å²) in [6, 6.07) is 22.6. The monoisotopic (exact) mass is 458 g/mol. The molecule has 0 unspecified atom stereocenters. The number of hydrogen-bond donors (Lipinski definition) is 0. The predicted molar refractivity (Wildman–Crippen MR) is 126 cm³/mol. The van der Waals surface area contributed by atoms with Crippen LogP contribution < -0.4 is 0 Å². The molecule has 0 aliphatic heterocycles. The third-order valence-electron chi connectivity index (χ3n) is 5.60. The normalized spacial score (nSPS) is 11.4. The molecular weight excluding hydrogens is 436 g/mol. The van der Waals surface area contributed by atoms with Gasteiger partial charge < -0.3 is 4.57 Å². The Morgan fingerprint density at radius 3 is 2.30 bits per heavy atom. The van der Waals surface area contributed by atoms with E-state index in [1.54, 1.807) is 36.4 Å². The van der Waals surface area contributed by atoms with Crippen molar-refractivity contribution in [1.29, 1.82) is 5.26 Å². The molecule has 0 radical (unpaired) electrons. The molecule has 0 amide bonds. The number of ketones is 1. The van der Waals surface area contributed by atoms with Gasteiger partial charge in [0.2, 0.25) is 0 Å². The topological polar surface area (TPSA) is 89.2 Å². The van der Waals surface area contributed by atoms with Crippen molar-refractivity contribution < 1.29 is 17.4 Å². The highest BCUT2D eigenvalue weighted by Crippen LogP contribution is 2.28. The lowest BCUT2D eigenvalue weighted by atomic mass is 9.99. The first kappa shape index (κ1) is 22.5. The second kappa shape index (κ2) is 9.02. The maximum absolute atomic E-state index is 13.3. The number of carbonyl (C=O) groups is 1. The molecule has 1 heterocycles. The Morgan fingerprint density at radius 1 is 0.970 bits per heavy atom. The van der Waals surface area contributed by atoms with Crippen molar-refractivity contribution >= 4 is 26.8 Å². The van der Waals surface area contributed by atoms with E-state index in [2.05, 4.69) is 0 Å². The Bertz CT molecular complexity index is 1480. The maximum atomic E-state index is 13.3. The minimum Gasteiger partial charge on any atom is -0.342 e. The van der Waals surface area contributed by atoms with Crippen molar-refractivity contribution in [3.05, 3.63) is 101 Å². The van der Waals surface area contributed by atoms with Crippen LogP contribution >= 0.6 is 0 Å². The standard InChI is InChI=1S/C26H22N2O4S/c1-18-7-13-22(14-8-18)33(30,31)32-16-15-28-19(2)25(23-5-3-4-6-24(23)28)26(29)21-11-9-20(17-27)10-12-21/h3-14H,15-16H2,1-2H3. The summed E-state index contributed by atoms with van der Waals surface area (Å²) in [5.74, 6) is -0.153. The van der Waals surface area contributed by atoms with E-state index >= 15 is 0 Å². The summed E-state index contributed by atoms with van der Waals surface area (Å²) in [5, 5.41) is 9.79. The molecule has 3 aromatic carbocycles. The molecule has 0 fully saturated rings. The molecule has 4 rings (SSSR count). The number of fused-ring (bicyclic) bond motifs is 1. The van der Waals surface area contributed by atoms with Crippen LogP contribution in [0.3, 0.4) is 0 Å². The van der Waals surface area contributed by atoms with Crippen LogP contribution in [0.15, 0.2) is 77.7 Å². The lowest BCUT2D eigenvalue weighted by Crippen LogP contribution is -2.13. The van der Waals surface area contributed by atoms with Gasteiger partial charge in [-0.25, -0.2) is 0 Å². The average molecular weight is 459 g/mol. The van der Waals surface area contributed by atoms with Crippen LogP contribution in [0.4, 0.5) is 0 Å². The van der Waals surface area contributed by atoms with Crippen molar-refractivity contribution in [3.8, 4) is 6.07 Å². The Kier molecular flexibility index (Phi) is 6.14. The van der Waals surface area contributed by atoms with E-state index in [0.29, 0.717) is 16.7 Å². The SMILES string of the molecule is Cc1ccc(S(=O)(=O)OCCn2c(C)c(C(=O)c3ccc(C#N)cc3)c3ccccc32)cc1. The smallest absolute Gasteiger partial charge is 0.297 e. The van der Waals surface area contributed by atoms with Crippen LogP contribution in [-0.4, -0.2) is 25.4 Å². The van der Waals surface area contributed by atoms with E-state index in [9.17, 15) is 13.2 Å². The quantitative estimate of drug-likeness (QED) is 0.294. The zero-order chi connectivity index (χ0) is 23.6. The first-order valence-electron chi connectivity index (χ1n) is 10.4. The molecule has 0 bridgehead atoms. The summed E-state index contributed by atoms with van der Waals surface area (Å²) in [6.45, 7) is 3.91. The fourth-order valence-electron chi connectivity index (χ4n) is 3.86. The molecule has 1 aromatic heterocycles. The number of nitriles is 1. The molecule has 0 aliphatic rings. The summed E-state index contributed by atoms with van der Waals surface area (Å²) < 4.78 is 32.2. The summed E-state index contributed by atoms with van der Waals surface area (Å²) >= 11 is 0. The number of aryl methyl sites for hydroxylation is 1. The van der Waals surface area contributed by atoms with Gasteiger partial charge in [0.25, 0.3) is 10.1 Å². The molecule has 0 saturated heterocycles. The zero-order valence-electron chi connectivity index (χ0n) is 18.3. The van der Waals surface area contributed by atoms with E-state index in [4.69, 9.17) is 9.44 Å². The molecule has 0 saturated carbocycles. The van der Waals surface area contributed by atoms with Crippen molar-refractivity contribution in [2.24, 2.45) is 0 Å². The minimum absolute atomic E-state index is 0.0692. The number of carbonyl (C=O) groups excluding carboxylic acids is 1. The Hall–Kier alpha value is -3.73. The van der Waals surface area contributed by atoms with Gasteiger partial charge >= 0.3 is 0 Å². The lowest BCUT2D eigenvalue weighted by Gasteiger charge is -2.10.